The number of halogens is 4. The molecule has 0 aliphatic rings. The molecule has 108 valence electrons. The standard InChI is InChI=1S/C12H16ClF3N2O/c1-7(2)17-5-9-4-11(18-6-10(9)13)19-8(3)12(14,15)16/h4,6-8,17H,5H2,1-3H3. The van der Waals surface area contributed by atoms with Gasteiger partial charge in [-0.05, 0) is 12.5 Å². The Morgan fingerprint density at radius 2 is 2.00 bits per heavy atom. The van der Waals surface area contributed by atoms with Crippen LogP contribution in [0.1, 0.15) is 26.3 Å². The Hall–Kier alpha value is -1.01. The lowest BCUT2D eigenvalue weighted by molar-refractivity contribution is -0.190. The number of aromatic nitrogens is 1. The Morgan fingerprint density at radius 3 is 2.53 bits per heavy atom. The quantitative estimate of drug-likeness (QED) is 0.902. The molecule has 0 amide bonds. The maximum absolute atomic E-state index is 12.4. The fourth-order valence-corrected chi connectivity index (χ4v) is 1.39. The van der Waals surface area contributed by atoms with Gasteiger partial charge in [0.05, 0.1) is 5.02 Å². The van der Waals surface area contributed by atoms with E-state index in [1.54, 1.807) is 0 Å². The van der Waals surface area contributed by atoms with Crippen molar-refractivity contribution in [3.63, 3.8) is 0 Å². The van der Waals surface area contributed by atoms with E-state index in [-0.39, 0.29) is 11.9 Å². The molecule has 1 N–H and O–H groups in total. The van der Waals surface area contributed by atoms with Crippen LogP contribution in [0.4, 0.5) is 13.2 Å². The molecular weight excluding hydrogens is 281 g/mol. The van der Waals surface area contributed by atoms with E-state index in [1.807, 2.05) is 13.8 Å². The van der Waals surface area contributed by atoms with Gasteiger partial charge in [0, 0.05) is 24.8 Å². The summed E-state index contributed by atoms with van der Waals surface area (Å²) in [6, 6.07) is 1.66. The van der Waals surface area contributed by atoms with Crippen LogP contribution in [0.5, 0.6) is 5.88 Å². The summed E-state index contributed by atoms with van der Waals surface area (Å²) < 4.78 is 41.9. The molecule has 1 aromatic rings. The highest BCUT2D eigenvalue weighted by atomic mass is 35.5. The zero-order chi connectivity index (χ0) is 14.6. The van der Waals surface area contributed by atoms with E-state index in [4.69, 9.17) is 16.3 Å². The van der Waals surface area contributed by atoms with Gasteiger partial charge in [-0.25, -0.2) is 4.98 Å². The largest absolute Gasteiger partial charge is 0.465 e. The first kappa shape index (κ1) is 16.0. The van der Waals surface area contributed by atoms with Crippen molar-refractivity contribution in [2.45, 2.75) is 45.6 Å². The molecule has 0 saturated heterocycles. The first-order chi connectivity index (χ1) is 8.70. The summed E-state index contributed by atoms with van der Waals surface area (Å²) in [6.45, 7) is 5.29. The Kier molecular flexibility index (Phi) is 5.43. The van der Waals surface area contributed by atoms with Crippen molar-refractivity contribution >= 4 is 11.6 Å². The number of hydrogen-bond donors (Lipinski definition) is 1. The molecule has 0 radical (unpaired) electrons. The fourth-order valence-electron chi connectivity index (χ4n) is 1.22. The second-order valence-corrected chi connectivity index (χ2v) is 4.86. The van der Waals surface area contributed by atoms with E-state index >= 15 is 0 Å². The van der Waals surface area contributed by atoms with Crippen LogP contribution in [0.15, 0.2) is 12.3 Å². The molecular formula is C12H16ClF3N2O. The minimum absolute atomic E-state index is 0.0882. The zero-order valence-electron chi connectivity index (χ0n) is 10.9. The van der Waals surface area contributed by atoms with Crippen molar-refractivity contribution in [3.05, 3.63) is 22.8 Å². The molecule has 0 saturated carbocycles. The molecule has 0 aliphatic carbocycles. The van der Waals surface area contributed by atoms with Gasteiger partial charge in [0.15, 0.2) is 6.10 Å². The minimum Gasteiger partial charge on any atom is -0.465 e. The summed E-state index contributed by atoms with van der Waals surface area (Å²) in [5.74, 6) is -0.0882. The molecule has 0 aliphatic heterocycles. The van der Waals surface area contributed by atoms with Crippen LogP contribution < -0.4 is 10.1 Å². The third kappa shape index (κ3) is 5.24. The van der Waals surface area contributed by atoms with Crippen LogP contribution in [0.2, 0.25) is 5.02 Å². The van der Waals surface area contributed by atoms with Gasteiger partial charge in [-0.15, -0.1) is 0 Å². The highest BCUT2D eigenvalue weighted by Crippen LogP contribution is 2.26. The van der Waals surface area contributed by atoms with E-state index in [0.29, 0.717) is 17.1 Å². The van der Waals surface area contributed by atoms with E-state index < -0.39 is 12.3 Å². The van der Waals surface area contributed by atoms with Crippen LogP contribution in [0.3, 0.4) is 0 Å². The molecule has 1 aromatic heterocycles. The van der Waals surface area contributed by atoms with Gasteiger partial charge in [0.2, 0.25) is 5.88 Å². The monoisotopic (exact) mass is 296 g/mol. The van der Waals surface area contributed by atoms with Crippen molar-refractivity contribution in [1.29, 1.82) is 0 Å². The fraction of sp³-hybridized carbons (Fsp3) is 0.583. The second-order valence-electron chi connectivity index (χ2n) is 4.45. The molecule has 7 heteroatoms. The maximum atomic E-state index is 12.4. The number of rotatable bonds is 5. The number of ether oxygens (including phenoxy) is 1. The van der Waals surface area contributed by atoms with Gasteiger partial charge in [0.1, 0.15) is 0 Å². The average molecular weight is 297 g/mol. The molecule has 0 bridgehead atoms. The molecule has 1 atom stereocenters. The number of alkyl halides is 3. The third-order valence-corrected chi connectivity index (χ3v) is 2.71. The highest BCUT2D eigenvalue weighted by Gasteiger charge is 2.38. The lowest BCUT2D eigenvalue weighted by Gasteiger charge is -2.17. The number of hydrogen-bond acceptors (Lipinski definition) is 3. The van der Waals surface area contributed by atoms with Gasteiger partial charge < -0.3 is 10.1 Å². The van der Waals surface area contributed by atoms with Gasteiger partial charge >= 0.3 is 6.18 Å². The summed E-state index contributed by atoms with van der Waals surface area (Å²) in [5, 5.41) is 3.51. The highest BCUT2D eigenvalue weighted by molar-refractivity contribution is 6.31. The topological polar surface area (TPSA) is 34.1 Å². The van der Waals surface area contributed by atoms with Crippen LogP contribution in [-0.4, -0.2) is 23.3 Å². The molecule has 1 rings (SSSR count). The molecule has 1 heterocycles. The van der Waals surface area contributed by atoms with Crippen molar-refractivity contribution in [3.8, 4) is 5.88 Å². The van der Waals surface area contributed by atoms with E-state index in [0.717, 1.165) is 6.92 Å². The molecule has 0 spiro atoms. The second kappa shape index (κ2) is 6.43. The Bertz CT molecular complexity index is 424. The lowest BCUT2D eigenvalue weighted by Crippen LogP contribution is -2.31. The predicted octanol–water partition coefficient (Wildman–Crippen LogP) is 3.56. The van der Waals surface area contributed by atoms with Crippen LogP contribution in [-0.2, 0) is 6.54 Å². The third-order valence-electron chi connectivity index (χ3n) is 2.37. The molecule has 1 unspecified atom stereocenters. The van der Waals surface area contributed by atoms with Gasteiger partial charge in [-0.2, -0.15) is 13.2 Å². The maximum Gasteiger partial charge on any atom is 0.425 e. The van der Waals surface area contributed by atoms with Crippen molar-refractivity contribution in [2.75, 3.05) is 0 Å². The summed E-state index contributed by atoms with van der Waals surface area (Å²) in [5.41, 5.74) is 0.648. The normalized spacial score (nSPS) is 13.7. The summed E-state index contributed by atoms with van der Waals surface area (Å²) in [4.78, 5) is 3.74. The molecule has 0 aromatic carbocycles. The number of nitrogens with zero attached hydrogens (tertiary/aromatic N) is 1. The van der Waals surface area contributed by atoms with E-state index in [9.17, 15) is 13.2 Å². The molecule has 0 fully saturated rings. The van der Waals surface area contributed by atoms with Crippen LogP contribution in [0.25, 0.3) is 0 Å². The van der Waals surface area contributed by atoms with Crippen molar-refractivity contribution in [1.82, 2.24) is 10.3 Å². The van der Waals surface area contributed by atoms with Crippen molar-refractivity contribution in [2.24, 2.45) is 0 Å². The van der Waals surface area contributed by atoms with Gasteiger partial charge in [-0.3, -0.25) is 0 Å². The molecule has 3 nitrogen and oxygen atoms in total. The SMILES string of the molecule is CC(C)NCc1cc(OC(C)C(F)(F)F)ncc1Cl. The first-order valence-electron chi connectivity index (χ1n) is 5.81. The number of nitrogens with one attached hydrogen (secondary N) is 1. The smallest absolute Gasteiger partial charge is 0.425 e. The van der Waals surface area contributed by atoms with E-state index in [2.05, 4.69) is 10.3 Å². The Balaban J connectivity index is 2.78. The Labute approximate surface area is 115 Å². The van der Waals surface area contributed by atoms with Gasteiger partial charge in [0.25, 0.3) is 0 Å². The van der Waals surface area contributed by atoms with Gasteiger partial charge in [-0.1, -0.05) is 25.4 Å². The summed E-state index contributed by atoms with van der Waals surface area (Å²) in [7, 11) is 0. The average Bonchev–Trinajstić information content (AvgIpc) is 2.28. The zero-order valence-corrected chi connectivity index (χ0v) is 11.6. The number of pyridine rings is 1. The van der Waals surface area contributed by atoms with E-state index in [1.165, 1.54) is 12.3 Å². The first-order valence-corrected chi connectivity index (χ1v) is 6.19. The summed E-state index contributed by atoms with van der Waals surface area (Å²) in [6.07, 6.45) is -5.04. The lowest BCUT2D eigenvalue weighted by atomic mass is 10.2. The predicted molar refractivity (Wildman–Crippen MR) is 67.4 cm³/mol. The van der Waals surface area contributed by atoms with Crippen LogP contribution in [0, 0.1) is 0 Å². The Morgan fingerprint density at radius 1 is 1.37 bits per heavy atom. The van der Waals surface area contributed by atoms with Crippen molar-refractivity contribution < 1.29 is 17.9 Å². The summed E-state index contributed by atoms with van der Waals surface area (Å²) >= 11 is 5.93. The molecule has 19 heavy (non-hydrogen) atoms. The minimum atomic E-state index is -4.42. The van der Waals surface area contributed by atoms with Crippen LogP contribution >= 0.6 is 11.6 Å².